The fraction of sp³-hybridized carbons (Fsp3) is 0.667. The first-order valence-electron chi connectivity index (χ1n) is 4.11. The lowest BCUT2D eigenvalue weighted by molar-refractivity contribution is -0.136. The SMILES string of the molecule is CC1(C)C(=CCC(=O)O)CC1N. The van der Waals surface area contributed by atoms with Gasteiger partial charge in [0, 0.05) is 11.5 Å². The maximum Gasteiger partial charge on any atom is 0.307 e. The summed E-state index contributed by atoms with van der Waals surface area (Å²) in [6.45, 7) is 4.10. The van der Waals surface area contributed by atoms with Crippen LogP contribution in [0.25, 0.3) is 0 Å². The van der Waals surface area contributed by atoms with Crippen molar-refractivity contribution >= 4 is 5.97 Å². The van der Waals surface area contributed by atoms with Crippen LogP contribution >= 0.6 is 0 Å². The topological polar surface area (TPSA) is 63.3 Å². The van der Waals surface area contributed by atoms with E-state index in [-0.39, 0.29) is 17.9 Å². The van der Waals surface area contributed by atoms with E-state index in [1.165, 1.54) is 5.57 Å². The van der Waals surface area contributed by atoms with Crippen molar-refractivity contribution in [2.24, 2.45) is 11.1 Å². The Kier molecular flexibility index (Phi) is 2.24. The Balaban J connectivity index is 2.56. The molecule has 0 aromatic heterocycles. The molecule has 0 heterocycles. The van der Waals surface area contributed by atoms with Gasteiger partial charge in [0.1, 0.15) is 0 Å². The summed E-state index contributed by atoms with van der Waals surface area (Å²) in [7, 11) is 0. The third kappa shape index (κ3) is 1.50. The van der Waals surface area contributed by atoms with Crippen molar-refractivity contribution < 1.29 is 9.90 Å². The van der Waals surface area contributed by atoms with E-state index < -0.39 is 5.97 Å². The number of carboxylic acid groups (broad SMARTS) is 1. The number of hydrogen-bond donors (Lipinski definition) is 2. The van der Waals surface area contributed by atoms with E-state index in [9.17, 15) is 4.79 Å². The average molecular weight is 169 g/mol. The second-order valence-electron chi connectivity index (χ2n) is 3.86. The molecule has 1 unspecified atom stereocenters. The minimum absolute atomic E-state index is 0.00937. The second-order valence-corrected chi connectivity index (χ2v) is 3.86. The lowest BCUT2D eigenvalue weighted by Gasteiger charge is -2.45. The van der Waals surface area contributed by atoms with Crippen LogP contribution < -0.4 is 5.73 Å². The van der Waals surface area contributed by atoms with Crippen molar-refractivity contribution in [1.29, 1.82) is 0 Å². The van der Waals surface area contributed by atoms with Gasteiger partial charge in [-0.05, 0) is 6.42 Å². The summed E-state index contributed by atoms with van der Waals surface area (Å²) >= 11 is 0. The third-order valence-electron chi connectivity index (χ3n) is 2.72. The largest absolute Gasteiger partial charge is 0.481 e. The van der Waals surface area contributed by atoms with E-state index in [4.69, 9.17) is 10.8 Å². The standard InChI is InChI=1S/C9H15NO2/c1-9(2)6(5-7(9)10)3-4-8(11)12/h3,7H,4-5,10H2,1-2H3,(H,11,12). The summed E-state index contributed by atoms with van der Waals surface area (Å²) < 4.78 is 0. The molecule has 0 aliphatic heterocycles. The van der Waals surface area contributed by atoms with E-state index in [0.717, 1.165) is 6.42 Å². The van der Waals surface area contributed by atoms with Crippen LogP contribution in [-0.2, 0) is 4.79 Å². The van der Waals surface area contributed by atoms with Crippen molar-refractivity contribution in [3.8, 4) is 0 Å². The Morgan fingerprint density at radius 2 is 2.42 bits per heavy atom. The predicted octanol–water partition coefficient (Wildman–Crippen LogP) is 1.14. The molecule has 12 heavy (non-hydrogen) atoms. The number of nitrogens with two attached hydrogens (primary N) is 1. The fourth-order valence-corrected chi connectivity index (χ4v) is 1.42. The number of aliphatic carboxylic acids is 1. The molecule has 0 spiro atoms. The van der Waals surface area contributed by atoms with Crippen LogP contribution in [0.4, 0.5) is 0 Å². The second kappa shape index (κ2) is 2.90. The molecule has 1 rings (SSSR count). The highest BCUT2D eigenvalue weighted by Gasteiger charge is 2.40. The number of carbonyl (C=O) groups is 1. The van der Waals surface area contributed by atoms with Gasteiger partial charge in [0.15, 0.2) is 0 Å². The van der Waals surface area contributed by atoms with Gasteiger partial charge in [0.25, 0.3) is 0 Å². The summed E-state index contributed by atoms with van der Waals surface area (Å²) in [5.41, 5.74) is 6.95. The number of rotatable bonds is 2. The third-order valence-corrected chi connectivity index (χ3v) is 2.72. The molecule has 1 atom stereocenters. The molecular weight excluding hydrogens is 154 g/mol. The molecule has 3 heteroatoms. The minimum Gasteiger partial charge on any atom is -0.481 e. The van der Waals surface area contributed by atoms with Crippen LogP contribution in [-0.4, -0.2) is 17.1 Å². The van der Waals surface area contributed by atoms with E-state index in [1.54, 1.807) is 6.08 Å². The molecule has 1 saturated carbocycles. The summed E-state index contributed by atoms with van der Waals surface area (Å²) in [4.78, 5) is 10.3. The zero-order chi connectivity index (χ0) is 9.35. The Morgan fingerprint density at radius 1 is 1.83 bits per heavy atom. The van der Waals surface area contributed by atoms with E-state index in [1.807, 2.05) is 0 Å². The number of carboxylic acids is 1. The molecule has 1 fully saturated rings. The summed E-state index contributed by atoms with van der Waals surface area (Å²) in [5.74, 6) is -0.779. The van der Waals surface area contributed by atoms with E-state index in [2.05, 4.69) is 13.8 Å². The summed E-state index contributed by atoms with van der Waals surface area (Å²) in [6.07, 6.45) is 2.75. The Hall–Kier alpha value is -0.830. The maximum atomic E-state index is 10.3. The van der Waals surface area contributed by atoms with Gasteiger partial charge in [0.2, 0.25) is 0 Å². The van der Waals surface area contributed by atoms with E-state index >= 15 is 0 Å². The molecule has 0 radical (unpaired) electrons. The van der Waals surface area contributed by atoms with Crippen LogP contribution in [0.15, 0.2) is 11.6 Å². The molecule has 3 nitrogen and oxygen atoms in total. The Bertz CT molecular complexity index is 231. The smallest absolute Gasteiger partial charge is 0.307 e. The molecule has 3 N–H and O–H groups in total. The highest BCUT2D eigenvalue weighted by Crippen LogP contribution is 2.44. The summed E-state index contributed by atoms with van der Waals surface area (Å²) in [5, 5.41) is 8.44. The summed E-state index contributed by atoms with van der Waals surface area (Å²) in [6, 6.07) is 0.192. The van der Waals surface area contributed by atoms with Crippen molar-refractivity contribution in [2.75, 3.05) is 0 Å². The van der Waals surface area contributed by atoms with Gasteiger partial charge < -0.3 is 10.8 Å². The average Bonchev–Trinajstić information content (AvgIpc) is 1.97. The van der Waals surface area contributed by atoms with E-state index in [0.29, 0.717) is 0 Å². The van der Waals surface area contributed by atoms with Crippen molar-refractivity contribution in [3.05, 3.63) is 11.6 Å². The predicted molar refractivity (Wildman–Crippen MR) is 46.7 cm³/mol. The lowest BCUT2D eigenvalue weighted by Crippen LogP contribution is -2.48. The van der Waals surface area contributed by atoms with Gasteiger partial charge in [-0.1, -0.05) is 25.5 Å². The van der Waals surface area contributed by atoms with Crippen LogP contribution in [0.5, 0.6) is 0 Å². The van der Waals surface area contributed by atoms with Gasteiger partial charge >= 0.3 is 5.97 Å². The van der Waals surface area contributed by atoms with Crippen LogP contribution in [0.2, 0.25) is 0 Å². The number of hydrogen-bond acceptors (Lipinski definition) is 2. The van der Waals surface area contributed by atoms with Crippen molar-refractivity contribution in [1.82, 2.24) is 0 Å². The first-order valence-corrected chi connectivity index (χ1v) is 4.11. The molecule has 68 valence electrons. The molecule has 0 aromatic rings. The molecule has 0 aromatic carbocycles. The normalized spacial score (nSPS) is 29.9. The maximum absolute atomic E-state index is 10.3. The van der Waals surface area contributed by atoms with Gasteiger partial charge in [0.05, 0.1) is 6.42 Å². The van der Waals surface area contributed by atoms with Gasteiger partial charge in [-0.2, -0.15) is 0 Å². The highest BCUT2D eigenvalue weighted by atomic mass is 16.4. The van der Waals surface area contributed by atoms with Crippen LogP contribution in [0.1, 0.15) is 26.7 Å². The monoisotopic (exact) mass is 169 g/mol. The molecular formula is C9H15NO2. The van der Waals surface area contributed by atoms with Gasteiger partial charge in [-0.15, -0.1) is 0 Å². The zero-order valence-corrected chi connectivity index (χ0v) is 7.50. The molecule has 1 aliphatic carbocycles. The quantitative estimate of drug-likeness (QED) is 0.609. The fourth-order valence-electron chi connectivity index (χ4n) is 1.42. The van der Waals surface area contributed by atoms with Crippen molar-refractivity contribution in [3.63, 3.8) is 0 Å². The first kappa shape index (κ1) is 9.26. The molecule has 1 aliphatic rings. The minimum atomic E-state index is -0.779. The Labute approximate surface area is 72.3 Å². The molecule has 0 saturated heterocycles. The highest BCUT2D eigenvalue weighted by molar-refractivity contribution is 5.69. The first-order chi connectivity index (χ1) is 5.44. The zero-order valence-electron chi connectivity index (χ0n) is 7.50. The van der Waals surface area contributed by atoms with Gasteiger partial charge in [-0.3, -0.25) is 4.79 Å². The van der Waals surface area contributed by atoms with Crippen LogP contribution in [0, 0.1) is 5.41 Å². The van der Waals surface area contributed by atoms with Crippen molar-refractivity contribution in [2.45, 2.75) is 32.7 Å². The molecule has 0 amide bonds. The lowest BCUT2D eigenvalue weighted by atomic mass is 9.63. The Morgan fingerprint density at radius 3 is 2.75 bits per heavy atom. The van der Waals surface area contributed by atoms with Gasteiger partial charge in [-0.25, -0.2) is 0 Å². The van der Waals surface area contributed by atoms with Crippen LogP contribution in [0.3, 0.4) is 0 Å². The molecule has 0 bridgehead atoms.